The highest BCUT2D eigenvalue weighted by atomic mass is 32.1. The molecule has 2 N–H and O–H groups in total. The molecule has 0 aliphatic carbocycles. The van der Waals surface area contributed by atoms with Crippen LogP contribution in [0.2, 0.25) is 0 Å². The molecular formula is C26H33N5O4S. The molecule has 0 radical (unpaired) electrons. The lowest BCUT2D eigenvalue weighted by molar-refractivity contribution is -0.143. The number of amides is 3. The van der Waals surface area contributed by atoms with Crippen molar-refractivity contribution in [1.29, 1.82) is 0 Å². The van der Waals surface area contributed by atoms with Gasteiger partial charge in [0.15, 0.2) is 0 Å². The minimum atomic E-state index is -0.828. The van der Waals surface area contributed by atoms with E-state index < -0.39 is 18.1 Å². The molecule has 4 rings (SSSR count). The molecule has 3 atom stereocenters. The zero-order valence-electron chi connectivity index (χ0n) is 21.3. The van der Waals surface area contributed by atoms with Gasteiger partial charge in [-0.2, -0.15) is 0 Å². The molecule has 9 nitrogen and oxygen atoms in total. The van der Waals surface area contributed by atoms with Gasteiger partial charge in [-0.1, -0.05) is 50.2 Å². The van der Waals surface area contributed by atoms with Crippen LogP contribution in [-0.2, 0) is 4.79 Å². The van der Waals surface area contributed by atoms with Crippen LogP contribution in [0.5, 0.6) is 0 Å². The van der Waals surface area contributed by atoms with Crippen molar-refractivity contribution in [3.8, 4) is 10.4 Å². The van der Waals surface area contributed by atoms with E-state index in [1.807, 2.05) is 57.5 Å². The highest BCUT2D eigenvalue weighted by Gasteiger charge is 2.41. The lowest BCUT2D eigenvalue weighted by Gasteiger charge is -2.32. The number of aliphatic hydroxyl groups excluding tert-OH is 1. The molecule has 10 heteroatoms. The summed E-state index contributed by atoms with van der Waals surface area (Å²) in [4.78, 5) is 32.3. The number of benzene rings is 1. The van der Waals surface area contributed by atoms with Gasteiger partial charge in [0, 0.05) is 6.07 Å². The number of carbonyl (C=O) groups excluding carboxylic acids is 2. The van der Waals surface area contributed by atoms with Crippen LogP contribution in [0.25, 0.3) is 10.4 Å². The maximum absolute atomic E-state index is 13.6. The van der Waals surface area contributed by atoms with E-state index in [4.69, 9.17) is 4.52 Å². The Morgan fingerprint density at radius 2 is 1.89 bits per heavy atom. The number of aromatic nitrogens is 2. The summed E-state index contributed by atoms with van der Waals surface area (Å²) < 4.78 is 5.39. The second-order valence-electron chi connectivity index (χ2n) is 9.55. The minimum absolute atomic E-state index is 0.0395. The first-order valence-corrected chi connectivity index (χ1v) is 13.1. The summed E-state index contributed by atoms with van der Waals surface area (Å²) in [7, 11) is 0. The molecule has 1 aliphatic rings. The van der Waals surface area contributed by atoms with Gasteiger partial charge in [0.25, 0.3) is 5.91 Å². The third-order valence-electron chi connectivity index (χ3n) is 6.46. The van der Waals surface area contributed by atoms with Gasteiger partial charge in [0.05, 0.1) is 47.0 Å². The largest absolute Gasteiger partial charge is 0.389 e. The Morgan fingerprint density at radius 3 is 2.44 bits per heavy atom. The highest BCUT2D eigenvalue weighted by molar-refractivity contribution is 7.13. The van der Waals surface area contributed by atoms with Gasteiger partial charge in [-0.05, 0) is 37.3 Å². The van der Waals surface area contributed by atoms with Crippen LogP contribution in [-0.4, -0.2) is 56.4 Å². The molecule has 1 saturated heterocycles. The van der Waals surface area contributed by atoms with E-state index in [0.717, 1.165) is 21.7 Å². The quantitative estimate of drug-likeness (QED) is 0.485. The van der Waals surface area contributed by atoms with Crippen molar-refractivity contribution in [2.45, 2.75) is 59.1 Å². The van der Waals surface area contributed by atoms with E-state index in [2.05, 4.69) is 15.5 Å². The average molecular weight is 512 g/mol. The number of nitrogens with one attached hydrogen (secondary N) is 1. The average Bonchev–Trinajstić information content (AvgIpc) is 3.57. The molecule has 3 heterocycles. The van der Waals surface area contributed by atoms with E-state index in [9.17, 15) is 14.7 Å². The molecule has 3 amide bonds. The van der Waals surface area contributed by atoms with E-state index >= 15 is 0 Å². The fraction of sp³-hybridized carbons (Fsp3) is 0.462. The topological polar surface area (TPSA) is 112 Å². The summed E-state index contributed by atoms with van der Waals surface area (Å²) in [5, 5.41) is 20.0. The number of nitrogens with zero attached hydrogens (tertiary/aromatic N) is 4. The summed E-state index contributed by atoms with van der Waals surface area (Å²) in [6, 6.07) is 9.15. The fourth-order valence-electron chi connectivity index (χ4n) is 4.57. The number of carbonyl (C=O) groups is 2. The molecule has 0 saturated carbocycles. The molecule has 1 aromatic carbocycles. The summed E-state index contributed by atoms with van der Waals surface area (Å²) in [5.74, 6) is -0.546. The summed E-state index contributed by atoms with van der Waals surface area (Å²) in [6.07, 6.45) is -0.160. The first-order valence-electron chi connectivity index (χ1n) is 12.2. The molecule has 36 heavy (non-hydrogen) atoms. The molecule has 1 aliphatic heterocycles. The van der Waals surface area contributed by atoms with Crippen molar-refractivity contribution in [1.82, 2.24) is 25.5 Å². The van der Waals surface area contributed by atoms with Crippen LogP contribution in [0.1, 0.15) is 61.9 Å². The number of aryl methyl sites for hydroxylation is 2. The smallest absolute Gasteiger partial charge is 0.336 e. The normalized spacial score (nSPS) is 17.5. The monoisotopic (exact) mass is 511 g/mol. The SMILES string of the molecule is CC[C@H](NC(=O)N1C[C@@H](O)CN1C(=O)[C@@H](c1cc(C)no1)C(C)C)c1ccc(-c2scnc2C)cc1. The van der Waals surface area contributed by atoms with Gasteiger partial charge >= 0.3 is 6.03 Å². The number of rotatable bonds is 7. The van der Waals surface area contributed by atoms with Crippen LogP contribution < -0.4 is 5.32 Å². The number of hydrogen-bond acceptors (Lipinski definition) is 7. The number of hydrogen-bond donors (Lipinski definition) is 2. The van der Waals surface area contributed by atoms with Crippen molar-refractivity contribution >= 4 is 23.3 Å². The first kappa shape index (κ1) is 25.8. The molecular weight excluding hydrogens is 478 g/mol. The Balaban J connectivity index is 1.50. The van der Waals surface area contributed by atoms with E-state index in [-0.39, 0.29) is 31.0 Å². The molecule has 1 fully saturated rings. The van der Waals surface area contributed by atoms with Gasteiger partial charge in [-0.15, -0.1) is 11.3 Å². The van der Waals surface area contributed by atoms with Crippen molar-refractivity contribution < 1.29 is 19.2 Å². The number of β-amino-alcohol motifs (C(OH)–C–C–N with tert-alkyl or cyclic N) is 1. The molecule has 0 unspecified atom stereocenters. The summed E-state index contributed by atoms with van der Waals surface area (Å²) in [6.45, 7) is 9.70. The lowest BCUT2D eigenvalue weighted by atomic mass is 9.92. The standard InChI is InChI=1S/C26H33N5O4S/c1-6-21(18-7-9-19(10-8-18)24-17(5)27-14-36-24)28-26(34)31-13-20(32)12-30(31)25(33)23(15(2)3)22-11-16(4)29-35-22/h7-11,14-15,20-21,23,32H,6,12-13H2,1-5H3,(H,28,34)/t20-,21-,23+/m0/s1. The van der Waals surface area contributed by atoms with Crippen molar-refractivity contribution in [2.24, 2.45) is 5.92 Å². The summed E-state index contributed by atoms with van der Waals surface area (Å²) in [5.41, 5.74) is 5.55. The zero-order valence-corrected chi connectivity index (χ0v) is 22.1. The molecule has 2 aromatic heterocycles. The van der Waals surface area contributed by atoms with Gasteiger partial charge in [0.2, 0.25) is 0 Å². The van der Waals surface area contributed by atoms with Crippen molar-refractivity contribution in [3.63, 3.8) is 0 Å². The van der Waals surface area contributed by atoms with Crippen molar-refractivity contribution in [2.75, 3.05) is 13.1 Å². The highest BCUT2D eigenvalue weighted by Crippen LogP contribution is 2.31. The fourth-order valence-corrected chi connectivity index (χ4v) is 5.38. The van der Waals surface area contributed by atoms with Gasteiger partial charge in [-0.3, -0.25) is 4.79 Å². The van der Waals surface area contributed by atoms with Crippen LogP contribution in [0.15, 0.2) is 40.4 Å². The van der Waals surface area contributed by atoms with E-state index in [1.165, 1.54) is 10.0 Å². The van der Waals surface area contributed by atoms with Gasteiger partial charge in [-0.25, -0.2) is 19.8 Å². The molecule has 192 valence electrons. The Morgan fingerprint density at radius 1 is 1.19 bits per heavy atom. The Bertz CT molecular complexity index is 1210. The third kappa shape index (κ3) is 5.29. The predicted octanol–water partition coefficient (Wildman–Crippen LogP) is 4.44. The van der Waals surface area contributed by atoms with E-state index in [1.54, 1.807) is 24.3 Å². The van der Waals surface area contributed by atoms with Crippen molar-refractivity contribution in [3.05, 3.63) is 58.6 Å². The maximum atomic E-state index is 13.6. The Kier molecular flexibility index (Phi) is 7.75. The number of hydrazine groups is 1. The van der Waals surface area contributed by atoms with Crippen LogP contribution in [0.4, 0.5) is 4.79 Å². The van der Waals surface area contributed by atoms with Crippen LogP contribution in [0.3, 0.4) is 0 Å². The molecule has 3 aromatic rings. The van der Waals surface area contributed by atoms with Gasteiger partial charge in [0.1, 0.15) is 11.7 Å². The van der Waals surface area contributed by atoms with E-state index in [0.29, 0.717) is 17.9 Å². The second kappa shape index (κ2) is 10.8. The van der Waals surface area contributed by atoms with Crippen LogP contribution >= 0.6 is 11.3 Å². The number of thiazole rings is 1. The number of aliphatic hydroxyl groups is 1. The van der Waals surface area contributed by atoms with Gasteiger partial charge < -0.3 is 14.9 Å². The number of urea groups is 1. The second-order valence-corrected chi connectivity index (χ2v) is 10.4. The molecule has 0 bridgehead atoms. The Hall–Kier alpha value is -3.24. The first-order chi connectivity index (χ1) is 17.2. The predicted molar refractivity (Wildman–Crippen MR) is 137 cm³/mol. The lowest BCUT2D eigenvalue weighted by Crippen LogP contribution is -2.51. The zero-order chi connectivity index (χ0) is 26.0. The maximum Gasteiger partial charge on any atom is 0.336 e. The summed E-state index contributed by atoms with van der Waals surface area (Å²) >= 11 is 1.60. The Labute approximate surface area is 215 Å². The minimum Gasteiger partial charge on any atom is -0.389 e. The van der Waals surface area contributed by atoms with Crippen LogP contribution in [0, 0.1) is 19.8 Å². The third-order valence-corrected chi connectivity index (χ3v) is 7.44. The molecule has 0 spiro atoms.